The average molecular weight is 457 g/mol. The van der Waals surface area contributed by atoms with Crippen molar-refractivity contribution in [2.45, 2.75) is 26.2 Å². The third-order valence-corrected chi connectivity index (χ3v) is 5.47. The highest BCUT2D eigenvalue weighted by Crippen LogP contribution is 2.25. The van der Waals surface area contributed by atoms with E-state index in [-0.39, 0.29) is 42.2 Å². The highest BCUT2D eigenvalue weighted by Gasteiger charge is 2.29. The van der Waals surface area contributed by atoms with Crippen molar-refractivity contribution < 1.29 is 19.2 Å². The van der Waals surface area contributed by atoms with Gasteiger partial charge in [0.2, 0.25) is 17.7 Å². The number of halogens is 1. The molecular formula is C23H25ClN4O4. The maximum absolute atomic E-state index is 13.1. The monoisotopic (exact) mass is 456 g/mol. The van der Waals surface area contributed by atoms with Crippen molar-refractivity contribution in [1.82, 2.24) is 4.90 Å². The lowest BCUT2D eigenvalue weighted by Crippen LogP contribution is -2.44. The van der Waals surface area contributed by atoms with Crippen LogP contribution in [-0.4, -0.2) is 41.6 Å². The number of primary amides is 1. The molecule has 4 N–H and O–H groups in total. The molecule has 1 fully saturated rings. The summed E-state index contributed by atoms with van der Waals surface area (Å²) in [5, 5.41) is 5.81. The van der Waals surface area contributed by atoms with E-state index in [1.54, 1.807) is 41.3 Å². The van der Waals surface area contributed by atoms with E-state index in [2.05, 4.69) is 10.6 Å². The van der Waals surface area contributed by atoms with Gasteiger partial charge in [-0.25, -0.2) is 0 Å². The van der Waals surface area contributed by atoms with Gasteiger partial charge in [0, 0.05) is 30.7 Å². The number of anilines is 2. The first kappa shape index (κ1) is 23.3. The van der Waals surface area contributed by atoms with Crippen molar-refractivity contribution in [3.63, 3.8) is 0 Å². The van der Waals surface area contributed by atoms with Crippen LogP contribution in [0, 0.1) is 5.92 Å². The molecule has 0 aliphatic carbocycles. The number of carbonyl (C=O) groups excluding carboxylic acids is 4. The minimum atomic E-state index is -0.424. The number of carbonyl (C=O) groups is 4. The largest absolute Gasteiger partial charge is 0.369 e. The van der Waals surface area contributed by atoms with E-state index in [0.717, 1.165) is 5.56 Å². The van der Waals surface area contributed by atoms with E-state index in [4.69, 9.17) is 17.3 Å². The first-order valence-corrected chi connectivity index (χ1v) is 10.6. The van der Waals surface area contributed by atoms with Crippen LogP contribution in [0.2, 0.25) is 5.02 Å². The standard InChI is InChI=1S/C23H25ClN4O4/c1-14(29)26-18-7-4-15(5-8-18)11-21(30)27-20-9-6-17(24)12-19(20)23(32)28-10-2-3-16(13-28)22(25)31/h4-9,12,16H,2-3,10-11,13H2,1H3,(H2,25,31)(H,26,29)(H,27,30)/t16-/m0/s1. The van der Waals surface area contributed by atoms with Crippen molar-refractivity contribution in [3.8, 4) is 0 Å². The zero-order valence-electron chi connectivity index (χ0n) is 17.7. The van der Waals surface area contributed by atoms with Crippen molar-refractivity contribution >= 4 is 46.6 Å². The smallest absolute Gasteiger partial charge is 0.256 e. The van der Waals surface area contributed by atoms with Crippen molar-refractivity contribution in [2.75, 3.05) is 23.7 Å². The third kappa shape index (κ3) is 6.07. The summed E-state index contributed by atoms with van der Waals surface area (Å²) in [7, 11) is 0. The number of piperidine rings is 1. The predicted octanol–water partition coefficient (Wildman–Crippen LogP) is 2.82. The van der Waals surface area contributed by atoms with Gasteiger partial charge < -0.3 is 21.3 Å². The number of likely N-dealkylation sites (tertiary alicyclic amines) is 1. The van der Waals surface area contributed by atoms with E-state index >= 15 is 0 Å². The molecule has 9 heteroatoms. The van der Waals surface area contributed by atoms with Gasteiger partial charge in [-0.15, -0.1) is 0 Å². The molecule has 1 aliphatic rings. The van der Waals surface area contributed by atoms with Crippen LogP contribution in [0.25, 0.3) is 0 Å². The number of hydrogen-bond donors (Lipinski definition) is 3. The maximum atomic E-state index is 13.1. The Bertz CT molecular complexity index is 1040. The molecule has 8 nitrogen and oxygen atoms in total. The van der Waals surface area contributed by atoms with Crippen LogP contribution in [0.4, 0.5) is 11.4 Å². The molecule has 0 unspecified atom stereocenters. The van der Waals surface area contributed by atoms with Crippen molar-refractivity contribution in [1.29, 1.82) is 0 Å². The molecule has 3 rings (SSSR count). The summed E-state index contributed by atoms with van der Waals surface area (Å²) in [6.07, 6.45) is 1.42. The fraction of sp³-hybridized carbons (Fsp3) is 0.304. The number of benzene rings is 2. The first-order chi connectivity index (χ1) is 15.2. The summed E-state index contributed by atoms with van der Waals surface area (Å²) < 4.78 is 0. The fourth-order valence-corrected chi connectivity index (χ4v) is 3.83. The van der Waals surface area contributed by atoms with Gasteiger partial charge in [-0.2, -0.15) is 0 Å². The molecule has 4 amide bonds. The Morgan fingerprint density at radius 3 is 2.47 bits per heavy atom. The predicted molar refractivity (Wildman–Crippen MR) is 122 cm³/mol. The van der Waals surface area contributed by atoms with E-state index in [1.807, 2.05) is 0 Å². The minimum absolute atomic E-state index is 0.0874. The van der Waals surface area contributed by atoms with Crippen LogP contribution in [0.1, 0.15) is 35.7 Å². The summed E-state index contributed by atoms with van der Waals surface area (Å²) >= 11 is 6.11. The fourth-order valence-electron chi connectivity index (χ4n) is 3.66. The molecule has 1 heterocycles. The third-order valence-electron chi connectivity index (χ3n) is 5.24. The lowest BCUT2D eigenvalue weighted by atomic mass is 9.96. The molecule has 0 bridgehead atoms. The molecule has 2 aromatic carbocycles. The Labute approximate surface area is 191 Å². The number of hydrogen-bond acceptors (Lipinski definition) is 4. The highest BCUT2D eigenvalue weighted by molar-refractivity contribution is 6.31. The number of nitrogens with one attached hydrogen (secondary N) is 2. The average Bonchev–Trinajstić information content (AvgIpc) is 2.75. The molecule has 0 aromatic heterocycles. The van der Waals surface area contributed by atoms with Gasteiger partial charge in [0.05, 0.1) is 23.6 Å². The molecule has 1 atom stereocenters. The number of amides is 4. The van der Waals surface area contributed by atoms with Crippen molar-refractivity contribution in [2.24, 2.45) is 11.7 Å². The summed E-state index contributed by atoms with van der Waals surface area (Å²) in [4.78, 5) is 50.0. The Hall–Kier alpha value is -3.39. The van der Waals surface area contributed by atoms with E-state index in [0.29, 0.717) is 35.8 Å². The number of nitrogens with two attached hydrogens (primary N) is 1. The first-order valence-electron chi connectivity index (χ1n) is 10.3. The summed E-state index contributed by atoms with van der Waals surface area (Å²) in [5.41, 5.74) is 7.42. The molecule has 0 radical (unpaired) electrons. The van der Waals surface area contributed by atoms with Crippen LogP contribution < -0.4 is 16.4 Å². The summed E-state index contributed by atoms with van der Waals surface area (Å²) in [5.74, 6) is -1.60. The van der Waals surface area contributed by atoms with Gasteiger partial charge in [-0.3, -0.25) is 19.2 Å². The van der Waals surface area contributed by atoms with E-state index in [1.165, 1.54) is 13.0 Å². The van der Waals surface area contributed by atoms with Crippen molar-refractivity contribution in [3.05, 3.63) is 58.6 Å². The summed E-state index contributed by atoms with van der Waals surface area (Å²) in [6.45, 7) is 2.17. The lowest BCUT2D eigenvalue weighted by molar-refractivity contribution is -0.123. The topological polar surface area (TPSA) is 122 Å². The Morgan fingerprint density at radius 2 is 1.81 bits per heavy atom. The second-order valence-electron chi connectivity index (χ2n) is 7.79. The molecule has 32 heavy (non-hydrogen) atoms. The second-order valence-corrected chi connectivity index (χ2v) is 8.22. The quantitative estimate of drug-likeness (QED) is 0.618. The van der Waals surface area contributed by atoms with E-state index < -0.39 is 5.91 Å². The molecule has 1 saturated heterocycles. The van der Waals surface area contributed by atoms with Gasteiger partial charge in [0.15, 0.2) is 0 Å². The molecular weight excluding hydrogens is 432 g/mol. The zero-order chi connectivity index (χ0) is 23.3. The van der Waals surface area contributed by atoms with Gasteiger partial charge in [-0.1, -0.05) is 23.7 Å². The molecule has 2 aromatic rings. The van der Waals surface area contributed by atoms with Crippen LogP contribution in [0.15, 0.2) is 42.5 Å². The lowest BCUT2D eigenvalue weighted by Gasteiger charge is -2.31. The van der Waals surface area contributed by atoms with Crippen LogP contribution in [0.5, 0.6) is 0 Å². The summed E-state index contributed by atoms with van der Waals surface area (Å²) in [6, 6.07) is 11.6. The molecule has 0 spiro atoms. The van der Waals surface area contributed by atoms with E-state index in [9.17, 15) is 19.2 Å². The normalized spacial score (nSPS) is 15.7. The second kappa shape index (κ2) is 10.3. The van der Waals surface area contributed by atoms with Gasteiger partial charge in [0.25, 0.3) is 5.91 Å². The van der Waals surface area contributed by atoms with Gasteiger partial charge in [0.1, 0.15) is 0 Å². The molecule has 1 aliphatic heterocycles. The Balaban J connectivity index is 1.71. The van der Waals surface area contributed by atoms with Gasteiger partial charge in [-0.05, 0) is 48.7 Å². The maximum Gasteiger partial charge on any atom is 0.256 e. The SMILES string of the molecule is CC(=O)Nc1ccc(CC(=O)Nc2ccc(Cl)cc2C(=O)N2CCC[C@H](C(N)=O)C2)cc1. The molecule has 0 saturated carbocycles. The van der Waals surface area contributed by atoms with Gasteiger partial charge >= 0.3 is 0 Å². The zero-order valence-corrected chi connectivity index (χ0v) is 18.4. The highest BCUT2D eigenvalue weighted by atomic mass is 35.5. The Morgan fingerprint density at radius 1 is 1.09 bits per heavy atom. The number of nitrogens with zero attached hydrogens (tertiary/aromatic N) is 1. The van der Waals surface area contributed by atoms with Crippen LogP contribution >= 0.6 is 11.6 Å². The Kier molecular flexibility index (Phi) is 7.48. The number of rotatable bonds is 6. The van der Waals surface area contributed by atoms with Crippen LogP contribution in [-0.2, 0) is 20.8 Å². The molecule has 168 valence electrons. The van der Waals surface area contributed by atoms with Crippen LogP contribution in [0.3, 0.4) is 0 Å². The minimum Gasteiger partial charge on any atom is -0.369 e.